The molecule has 0 aromatic carbocycles. The minimum Gasteiger partial charge on any atom is -0.320 e. The Balaban J connectivity index is 2.07. The number of rotatable bonds is 0. The van der Waals surface area contributed by atoms with E-state index in [0.29, 0.717) is 32.4 Å². The van der Waals surface area contributed by atoms with Crippen LogP contribution in [0.4, 0.5) is 18.0 Å². The molecule has 0 N–H and O–H groups in total. The van der Waals surface area contributed by atoms with Gasteiger partial charge in [0.15, 0.2) is 0 Å². The first kappa shape index (κ1) is 12.9. The molecule has 5 nitrogen and oxygen atoms in total. The second kappa shape index (κ2) is 4.60. The molecular weight excluding hydrogens is 249 g/mol. The van der Waals surface area contributed by atoms with Crippen LogP contribution in [-0.4, -0.2) is 58.8 Å². The molecule has 1 saturated heterocycles. The van der Waals surface area contributed by atoms with Crippen molar-refractivity contribution in [3.8, 4) is 0 Å². The summed E-state index contributed by atoms with van der Waals surface area (Å²) in [5, 5.41) is 3.47. The van der Waals surface area contributed by atoms with Gasteiger partial charge in [0.25, 0.3) is 0 Å². The van der Waals surface area contributed by atoms with Crippen LogP contribution in [0, 0.1) is 0 Å². The monoisotopic (exact) mass is 262 g/mol. The lowest BCUT2D eigenvalue weighted by molar-refractivity contribution is -0.137. The Hall–Kier alpha value is -1.57. The molecule has 100 valence electrons. The minimum absolute atomic E-state index is 0.497. The SMILES string of the molecule is CN1CCN(C(=O)n2cc(C(F)(F)F)cn2)CC1. The molecule has 0 aliphatic carbocycles. The van der Waals surface area contributed by atoms with E-state index in [2.05, 4.69) is 5.10 Å². The van der Waals surface area contributed by atoms with Crippen molar-refractivity contribution in [2.75, 3.05) is 33.2 Å². The average Bonchev–Trinajstić information content (AvgIpc) is 2.78. The first-order chi connectivity index (χ1) is 8.38. The maximum Gasteiger partial charge on any atom is 0.419 e. The number of hydrogen-bond donors (Lipinski definition) is 0. The van der Waals surface area contributed by atoms with Gasteiger partial charge >= 0.3 is 12.2 Å². The number of nitrogens with zero attached hydrogens (tertiary/aromatic N) is 4. The molecule has 0 unspecified atom stereocenters. The fourth-order valence-electron chi connectivity index (χ4n) is 1.72. The van der Waals surface area contributed by atoms with E-state index >= 15 is 0 Å². The van der Waals surface area contributed by atoms with Crippen molar-refractivity contribution in [1.29, 1.82) is 0 Å². The van der Waals surface area contributed by atoms with Crippen molar-refractivity contribution in [1.82, 2.24) is 19.6 Å². The summed E-state index contributed by atoms with van der Waals surface area (Å²) in [6.07, 6.45) is -3.09. The van der Waals surface area contributed by atoms with Crippen molar-refractivity contribution in [2.45, 2.75) is 6.18 Å². The molecule has 2 rings (SSSR count). The standard InChI is InChI=1S/C10H13F3N4O/c1-15-2-4-16(5-3-15)9(18)17-7-8(6-14-17)10(11,12)13/h6-7H,2-5H2,1H3. The molecule has 1 aromatic heterocycles. The number of hydrogen-bond acceptors (Lipinski definition) is 3. The van der Waals surface area contributed by atoms with Crippen LogP contribution in [0.1, 0.15) is 5.56 Å². The molecule has 1 aliphatic heterocycles. The number of piperazine rings is 1. The van der Waals surface area contributed by atoms with E-state index in [-0.39, 0.29) is 0 Å². The second-order valence-corrected chi connectivity index (χ2v) is 4.24. The van der Waals surface area contributed by atoms with Gasteiger partial charge in [-0.3, -0.25) is 0 Å². The maximum absolute atomic E-state index is 12.4. The van der Waals surface area contributed by atoms with Crippen LogP contribution in [0.5, 0.6) is 0 Å². The maximum atomic E-state index is 12.4. The van der Waals surface area contributed by atoms with E-state index in [9.17, 15) is 18.0 Å². The molecule has 0 radical (unpaired) electrons. The van der Waals surface area contributed by atoms with Crippen molar-refractivity contribution in [3.05, 3.63) is 18.0 Å². The van der Waals surface area contributed by atoms with Gasteiger partial charge in [0.1, 0.15) is 0 Å². The van der Waals surface area contributed by atoms with Crippen LogP contribution in [0.2, 0.25) is 0 Å². The van der Waals surface area contributed by atoms with E-state index in [4.69, 9.17) is 0 Å². The lowest BCUT2D eigenvalue weighted by Gasteiger charge is -2.31. The number of carbonyl (C=O) groups excluding carboxylic acids is 1. The van der Waals surface area contributed by atoms with Crippen molar-refractivity contribution in [2.24, 2.45) is 0 Å². The van der Waals surface area contributed by atoms with Gasteiger partial charge in [-0.2, -0.15) is 23.0 Å². The normalized spacial score (nSPS) is 18.1. The Bertz CT molecular complexity index is 435. The summed E-state index contributed by atoms with van der Waals surface area (Å²) < 4.78 is 37.9. The van der Waals surface area contributed by atoms with Gasteiger partial charge in [-0.05, 0) is 7.05 Å². The Morgan fingerprint density at radius 3 is 2.39 bits per heavy atom. The predicted octanol–water partition coefficient (Wildman–Crippen LogP) is 1.12. The molecule has 1 aliphatic rings. The molecule has 0 atom stereocenters. The predicted molar refractivity (Wildman–Crippen MR) is 57.1 cm³/mol. The Kier molecular flexibility index (Phi) is 3.29. The zero-order valence-electron chi connectivity index (χ0n) is 9.81. The second-order valence-electron chi connectivity index (χ2n) is 4.24. The Morgan fingerprint density at radius 2 is 1.89 bits per heavy atom. The number of halogens is 3. The molecule has 18 heavy (non-hydrogen) atoms. The summed E-state index contributed by atoms with van der Waals surface area (Å²) in [6, 6.07) is -0.515. The number of carbonyl (C=O) groups is 1. The zero-order valence-corrected chi connectivity index (χ0v) is 9.81. The molecule has 8 heteroatoms. The average molecular weight is 262 g/mol. The van der Waals surface area contributed by atoms with Crippen LogP contribution >= 0.6 is 0 Å². The topological polar surface area (TPSA) is 41.4 Å². The third-order valence-electron chi connectivity index (χ3n) is 2.88. The highest BCUT2D eigenvalue weighted by Crippen LogP contribution is 2.28. The van der Waals surface area contributed by atoms with E-state index in [1.165, 1.54) is 4.90 Å². The summed E-state index contributed by atoms with van der Waals surface area (Å²) in [6.45, 7) is 2.41. The molecule has 1 fully saturated rings. The van der Waals surface area contributed by atoms with Gasteiger partial charge in [0.2, 0.25) is 0 Å². The van der Waals surface area contributed by atoms with Gasteiger partial charge in [-0.25, -0.2) is 4.79 Å². The number of likely N-dealkylation sites (N-methyl/N-ethyl adjacent to an activating group) is 1. The summed E-state index contributed by atoms with van der Waals surface area (Å²) in [7, 11) is 1.93. The van der Waals surface area contributed by atoms with Gasteiger partial charge < -0.3 is 9.80 Å². The van der Waals surface area contributed by atoms with Gasteiger partial charge in [-0.15, -0.1) is 0 Å². The van der Waals surface area contributed by atoms with E-state index < -0.39 is 17.8 Å². The minimum atomic E-state index is -4.47. The molecule has 1 amide bonds. The van der Waals surface area contributed by atoms with Crippen LogP contribution in [0.3, 0.4) is 0 Å². The van der Waals surface area contributed by atoms with Crippen LogP contribution in [0.25, 0.3) is 0 Å². The van der Waals surface area contributed by atoms with E-state index in [1.807, 2.05) is 11.9 Å². The number of amides is 1. The van der Waals surface area contributed by atoms with E-state index in [1.54, 1.807) is 0 Å². The van der Waals surface area contributed by atoms with Gasteiger partial charge in [-0.1, -0.05) is 0 Å². The highest BCUT2D eigenvalue weighted by Gasteiger charge is 2.33. The van der Waals surface area contributed by atoms with Gasteiger partial charge in [0, 0.05) is 32.4 Å². The smallest absolute Gasteiger partial charge is 0.320 e. The third-order valence-corrected chi connectivity index (χ3v) is 2.88. The first-order valence-corrected chi connectivity index (χ1v) is 5.47. The zero-order chi connectivity index (χ0) is 13.3. The Labute approximate surface area is 102 Å². The fourth-order valence-corrected chi connectivity index (χ4v) is 1.72. The van der Waals surface area contributed by atoms with Crippen LogP contribution in [0.15, 0.2) is 12.4 Å². The summed E-state index contributed by atoms with van der Waals surface area (Å²) in [4.78, 5) is 15.4. The lowest BCUT2D eigenvalue weighted by Crippen LogP contribution is -2.48. The quantitative estimate of drug-likeness (QED) is 0.703. The summed E-state index contributed by atoms with van der Waals surface area (Å²) in [5.41, 5.74) is -0.912. The number of aromatic nitrogens is 2. The van der Waals surface area contributed by atoms with Crippen molar-refractivity contribution >= 4 is 6.03 Å². The lowest BCUT2D eigenvalue weighted by atomic mass is 10.3. The molecule has 0 spiro atoms. The number of alkyl halides is 3. The summed E-state index contributed by atoms with van der Waals surface area (Å²) >= 11 is 0. The molecule has 0 saturated carbocycles. The summed E-state index contributed by atoms with van der Waals surface area (Å²) in [5.74, 6) is 0. The highest BCUT2D eigenvalue weighted by atomic mass is 19.4. The molecule has 2 heterocycles. The molecule has 0 bridgehead atoms. The largest absolute Gasteiger partial charge is 0.419 e. The van der Waals surface area contributed by atoms with E-state index in [0.717, 1.165) is 10.9 Å². The van der Waals surface area contributed by atoms with Gasteiger partial charge in [0.05, 0.1) is 11.8 Å². The first-order valence-electron chi connectivity index (χ1n) is 5.47. The van der Waals surface area contributed by atoms with Crippen LogP contribution in [-0.2, 0) is 6.18 Å². The third kappa shape index (κ3) is 2.63. The van der Waals surface area contributed by atoms with Crippen molar-refractivity contribution in [3.63, 3.8) is 0 Å². The fraction of sp³-hybridized carbons (Fsp3) is 0.600. The Morgan fingerprint density at radius 1 is 1.28 bits per heavy atom. The molecule has 1 aromatic rings. The van der Waals surface area contributed by atoms with Crippen LogP contribution < -0.4 is 0 Å². The van der Waals surface area contributed by atoms with Crippen molar-refractivity contribution < 1.29 is 18.0 Å². The molecular formula is C10H13F3N4O. The highest BCUT2D eigenvalue weighted by molar-refractivity contribution is 5.76.